The van der Waals surface area contributed by atoms with Gasteiger partial charge in [0.1, 0.15) is 11.8 Å². The van der Waals surface area contributed by atoms with Crippen LogP contribution in [-0.2, 0) is 6.42 Å². The molecule has 7 heteroatoms. The fourth-order valence-corrected chi connectivity index (χ4v) is 3.73. The highest BCUT2D eigenvalue weighted by Gasteiger charge is 2.25. The van der Waals surface area contributed by atoms with Gasteiger partial charge in [0, 0.05) is 13.0 Å². The van der Waals surface area contributed by atoms with Gasteiger partial charge >= 0.3 is 0 Å². The fraction of sp³-hybridized carbons (Fsp3) is 0.263. The molecule has 4 rings (SSSR count). The standard InChI is InChI=1S/C19H20N4O2S/c1-25-14-6-2-5-13(11-14)16-12-15(17-7-4-10-26-17)20-19-21-18(8-3-9-24)22-23(16)19/h2,4-7,10-12,16,24H,3,8-9H2,1H3,(H,20,21,22). The Morgan fingerprint density at radius 1 is 1.31 bits per heavy atom. The average molecular weight is 368 g/mol. The third-order valence-corrected chi connectivity index (χ3v) is 5.19. The van der Waals surface area contributed by atoms with Gasteiger partial charge in [-0.05, 0) is 41.6 Å². The maximum atomic E-state index is 9.08. The number of aliphatic hydroxyl groups excluding tert-OH is 1. The minimum Gasteiger partial charge on any atom is -0.497 e. The van der Waals surface area contributed by atoms with E-state index in [1.54, 1.807) is 18.4 Å². The lowest BCUT2D eigenvalue weighted by Gasteiger charge is -2.24. The van der Waals surface area contributed by atoms with Gasteiger partial charge in [-0.1, -0.05) is 18.2 Å². The molecule has 0 aliphatic carbocycles. The molecule has 2 N–H and O–H groups in total. The second-order valence-electron chi connectivity index (χ2n) is 6.03. The van der Waals surface area contributed by atoms with Crippen LogP contribution in [0.3, 0.4) is 0 Å². The predicted octanol–water partition coefficient (Wildman–Crippen LogP) is 3.33. The minimum atomic E-state index is -0.0752. The molecule has 0 amide bonds. The zero-order valence-electron chi connectivity index (χ0n) is 14.4. The number of ether oxygens (including phenoxy) is 1. The number of methoxy groups -OCH3 is 1. The van der Waals surface area contributed by atoms with Gasteiger partial charge in [0.25, 0.3) is 0 Å². The molecular formula is C19H20N4O2S. The Labute approximate surface area is 155 Å². The summed E-state index contributed by atoms with van der Waals surface area (Å²) < 4.78 is 7.29. The van der Waals surface area contributed by atoms with Crippen molar-refractivity contribution in [3.63, 3.8) is 0 Å². The second kappa shape index (κ2) is 7.31. The summed E-state index contributed by atoms with van der Waals surface area (Å²) in [6.07, 6.45) is 3.47. The molecule has 0 fully saturated rings. The summed E-state index contributed by atoms with van der Waals surface area (Å²) in [6, 6.07) is 12.1. The number of allylic oxidation sites excluding steroid dienone is 1. The normalized spacial score (nSPS) is 15.9. The molecule has 1 aromatic carbocycles. The molecule has 0 saturated carbocycles. The van der Waals surface area contributed by atoms with Crippen LogP contribution in [0.2, 0.25) is 0 Å². The smallest absolute Gasteiger partial charge is 0.226 e. The Morgan fingerprint density at radius 2 is 2.23 bits per heavy atom. The van der Waals surface area contributed by atoms with Crippen LogP contribution in [0.4, 0.5) is 5.95 Å². The molecule has 0 spiro atoms. The van der Waals surface area contributed by atoms with Crippen LogP contribution in [0.15, 0.2) is 47.9 Å². The van der Waals surface area contributed by atoms with Gasteiger partial charge in [-0.2, -0.15) is 10.1 Å². The molecule has 3 heterocycles. The molecule has 26 heavy (non-hydrogen) atoms. The largest absolute Gasteiger partial charge is 0.497 e. The quantitative estimate of drug-likeness (QED) is 0.698. The van der Waals surface area contributed by atoms with Crippen molar-refractivity contribution in [3.8, 4) is 5.75 Å². The molecule has 6 nitrogen and oxygen atoms in total. The summed E-state index contributed by atoms with van der Waals surface area (Å²) in [4.78, 5) is 5.79. The van der Waals surface area contributed by atoms with Crippen LogP contribution in [-0.4, -0.2) is 33.6 Å². The van der Waals surface area contributed by atoms with E-state index in [0.717, 1.165) is 33.7 Å². The summed E-state index contributed by atoms with van der Waals surface area (Å²) in [7, 11) is 1.67. The molecule has 1 aliphatic heterocycles. The van der Waals surface area contributed by atoms with E-state index in [4.69, 9.17) is 9.84 Å². The molecule has 1 unspecified atom stereocenters. The Hall–Kier alpha value is -2.64. The number of nitrogens with zero attached hydrogens (tertiary/aromatic N) is 3. The maximum Gasteiger partial charge on any atom is 0.226 e. The maximum absolute atomic E-state index is 9.08. The van der Waals surface area contributed by atoms with Crippen LogP contribution >= 0.6 is 11.3 Å². The SMILES string of the molecule is COc1cccc(C2C=C(c3cccs3)Nc3nc(CCCO)nn32)c1. The van der Waals surface area contributed by atoms with Gasteiger partial charge < -0.3 is 15.2 Å². The van der Waals surface area contributed by atoms with Crippen molar-refractivity contribution >= 4 is 23.0 Å². The minimum absolute atomic E-state index is 0.0752. The molecule has 3 aromatic rings. The summed E-state index contributed by atoms with van der Waals surface area (Å²) >= 11 is 1.68. The van der Waals surface area contributed by atoms with Gasteiger partial charge in [-0.3, -0.25) is 0 Å². The molecule has 0 bridgehead atoms. The number of benzene rings is 1. The first kappa shape index (κ1) is 16.8. The highest BCUT2D eigenvalue weighted by molar-refractivity contribution is 7.11. The third-order valence-electron chi connectivity index (χ3n) is 4.29. The number of fused-ring (bicyclic) bond motifs is 1. The number of nitrogens with one attached hydrogen (secondary N) is 1. The van der Waals surface area contributed by atoms with Crippen molar-refractivity contribution in [3.05, 3.63) is 64.1 Å². The second-order valence-corrected chi connectivity index (χ2v) is 6.98. The third kappa shape index (κ3) is 3.23. The first-order chi connectivity index (χ1) is 12.8. The number of hydrogen-bond acceptors (Lipinski definition) is 6. The highest BCUT2D eigenvalue weighted by Crippen LogP contribution is 2.34. The summed E-state index contributed by atoms with van der Waals surface area (Å²) in [5.41, 5.74) is 2.11. The lowest BCUT2D eigenvalue weighted by atomic mass is 10.0. The number of aryl methyl sites for hydroxylation is 1. The Kier molecular flexibility index (Phi) is 4.73. The van der Waals surface area contributed by atoms with E-state index in [0.29, 0.717) is 12.8 Å². The Balaban J connectivity index is 1.77. The molecule has 134 valence electrons. The Morgan fingerprint density at radius 3 is 3.00 bits per heavy atom. The lowest BCUT2D eigenvalue weighted by Crippen LogP contribution is -2.20. The van der Waals surface area contributed by atoms with Crippen molar-refractivity contribution in [2.75, 3.05) is 19.0 Å². The molecular weight excluding hydrogens is 348 g/mol. The first-order valence-electron chi connectivity index (χ1n) is 8.51. The van der Waals surface area contributed by atoms with Crippen LogP contribution < -0.4 is 10.1 Å². The number of aromatic nitrogens is 3. The topological polar surface area (TPSA) is 72.2 Å². The average Bonchev–Trinajstić information content (AvgIpc) is 3.35. The van der Waals surface area contributed by atoms with E-state index >= 15 is 0 Å². The van der Waals surface area contributed by atoms with Crippen molar-refractivity contribution in [1.82, 2.24) is 14.8 Å². The van der Waals surface area contributed by atoms with E-state index in [1.165, 1.54) is 0 Å². The van der Waals surface area contributed by atoms with Crippen LogP contribution in [0, 0.1) is 0 Å². The number of hydrogen-bond donors (Lipinski definition) is 2. The van der Waals surface area contributed by atoms with Crippen molar-refractivity contribution in [1.29, 1.82) is 0 Å². The van der Waals surface area contributed by atoms with Gasteiger partial charge in [0.15, 0.2) is 5.82 Å². The van der Waals surface area contributed by atoms with Gasteiger partial charge in [-0.15, -0.1) is 11.3 Å². The Bertz CT molecular complexity index is 918. The molecule has 2 aromatic heterocycles. The first-order valence-corrected chi connectivity index (χ1v) is 9.39. The predicted molar refractivity (Wildman–Crippen MR) is 102 cm³/mol. The zero-order valence-corrected chi connectivity index (χ0v) is 15.2. The van der Waals surface area contributed by atoms with Crippen molar-refractivity contribution in [2.24, 2.45) is 0 Å². The molecule has 1 atom stereocenters. The molecule has 0 radical (unpaired) electrons. The van der Waals surface area contributed by atoms with Crippen LogP contribution in [0.1, 0.15) is 28.7 Å². The number of rotatable bonds is 6. The van der Waals surface area contributed by atoms with E-state index in [-0.39, 0.29) is 12.6 Å². The zero-order chi connectivity index (χ0) is 17.9. The van der Waals surface area contributed by atoms with Crippen LogP contribution in [0.5, 0.6) is 5.75 Å². The number of aliphatic hydroxyl groups is 1. The molecule has 0 saturated heterocycles. The molecule has 1 aliphatic rings. The fourth-order valence-electron chi connectivity index (χ4n) is 3.02. The van der Waals surface area contributed by atoms with E-state index in [2.05, 4.69) is 39.0 Å². The van der Waals surface area contributed by atoms with Crippen LogP contribution in [0.25, 0.3) is 5.70 Å². The van der Waals surface area contributed by atoms with Crippen molar-refractivity contribution in [2.45, 2.75) is 18.9 Å². The lowest BCUT2D eigenvalue weighted by molar-refractivity contribution is 0.287. The number of anilines is 1. The summed E-state index contributed by atoms with van der Waals surface area (Å²) in [6.45, 7) is 0.134. The van der Waals surface area contributed by atoms with E-state index < -0.39 is 0 Å². The number of thiophene rings is 1. The summed E-state index contributed by atoms with van der Waals surface area (Å²) in [5, 5.41) is 19.2. The van der Waals surface area contributed by atoms with Crippen molar-refractivity contribution < 1.29 is 9.84 Å². The van der Waals surface area contributed by atoms with Gasteiger partial charge in [0.2, 0.25) is 5.95 Å². The van der Waals surface area contributed by atoms with Gasteiger partial charge in [0.05, 0.1) is 17.7 Å². The monoisotopic (exact) mass is 368 g/mol. The highest BCUT2D eigenvalue weighted by atomic mass is 32.1. The van der Waals surface area contributed by atoms with E-state index in [9.17, 15) is 0 Å². The van der Waals surface area contributed by atoms with Gasteiger partial charge in [-0.25, -0.2) is 4.68 Å². The summed E-state index contributed by atoms with van der Waals surface area (Å²) in [5.74, 6) is 2.27. The van der Waals surface area contributed by atoms with E-state index in [1.807, 2.05) is 28.9 Å².